The lowest BCUT2D eigenvalue weighted by molar-refractivity contribution is -0.146. The van der Waals surface area contributed by atoms with E-state index in [2.05, 4.69) is 0 Å². The van der Waals surface area contributed by atoms with E-state index < -0.39 is 18.0 Å². The van der Waals surface area contributed by atoms with E-state index in [1.54, 1.807) is 14.0 Å². The van der Waals surface area contributed by atoms with Gasteiger partial charge in [-0.2, -0.15) is 0 Å². The smallest absolute Gasteiger partial charge is 0.308 e. The molecule has 1 aromatic rings. The first-order valence-electron chi connectivity index (χ1n) is 6.61. The molecule has 0 radical (unpaired) electrons. The van der Waals surface area contributed by atoms with Crippen molar-refractivity contribution in [2.75, 3.05) is 20.2 Å². The van der Waals surface area contributed by atoms with E-state index in [4.69, 9.17) is 9.84 Å². The van der Waals surface area contributed by atoms with Crippen LogP contribution >= 0.6 is 0 Å². The molecule has 5 nitrogen and oxygen atoms in total. The third kappa shape index (κ3) is 4.35. The summed E-state index contributed by atoms with van der Waals surface area (Å²) in [5, 5.41) is 8.90. The molecule has 0 aliphatic heterocycles. The van der Waals surface area contributed by atoms with E-state index in [0.29, 0.717) is 6.61 Å². The molecule has 1 rings (SSSR count). The second-order valence-electron chi connectivity index (χ2n) is 4.70. The Labute approximate surface area is 119 Å². The largest absolute Gasteiger partial charge is 0.481 e. The Morgan fingerprint density at radius 2 is 1.90 bits per heavy atom. The molecule has 0 fully saturated rings. The lowest BCUT2D eigenvalue weighted by atomic mass is 10.1. The van der Waals surface area contributed by atoms with E-state index in [0.717, 1.165) is 5.56 Å². The van der Waals surface area contributed by atoms with Gasteiger partial charge in [-0.25, -0.2) is 0 Å². The number of carbonyl (C=O) groups is 2. The van der Waals surface area contributed by atoms with Crippen LogP contribution in [0, 0.1) is 5.92 Å². The molecule has 0 saturated carbocycles. The molecule has 110 valence electrons. The first-order valence-corrected chi connectivity index (χ1v) is 6.61. The van der Waals surface area contributed by atoms with Gasteiger partial charge < -0.3 is 14.7 Å². The Morgan fingerprint density at radius 3 is 2.40 bits per heavy atom. The lowest BCUT2D eigenvalue weighted by Crippen LogP contribution is -2.37. The number of likely N-dealkylation sites (N-methyl/N-ethyl adjacent to an activating group) is 1. The SMILES string of the molecule is CCOC(C(=O)N(C)CC(C)C(=O)O)c1ccccc1. The topological polar surface area (TPSA) is 66.8 Å². The van der Waals surface area contributed by atoms with Crippen molar-refractivity contribution in [2.45, 2.75) is 20.0 Å². The Hall–Kier alpha value is -1.88. The molecular formula is C15H21NO4. The predicted molar refractivity (Wildman–Crippen MR) is 75.2 cm³/mol. The van der Waals surface area contributed by atoms with E-state index in [9.17, 15) is 9.59 Å². The van der Waals surface area contributed by atoms with Gasteiger partial charge in [0.15, 0.2) is 6.10 Å². The number of amides is 1. The Kier molecular flexibility index (Phi) is 6.18. The number of carbonyl (C=O) groups excluding carboxylic acids is 1. The van der Waals surface area contributed by atoms with E-state index >= 15 is 0 Å². The van der Waals surface area contributed by atoms with Gasteiger partial charge in [0.25, 0.3) is 5.91 Å². The number of hydrogen-bond donors (Lipinski definition) is 1. The van der Waals surface area contributed by atoms with Crippen molar-refractivity contribution >= 4 is 11.9 Å². The van der Waals surface area contributed by atoms with Crippen LogP contribution in [0.4, 0.5) is 0 Å². The Morgan fingerprint density at radius 1 is 1.30 bits per heavy atom. The van der Waals surface area contributed by atoms with Gasteiger partial charge in [-0.1, -0.05) is 37.3 Å². The molecule has 20 heavy (non-hydrogen) atoms. The normalized spacial score (nSPS) is 13.6. The molecule has 0 heterocycles. The fourth-order valence-corrected chi connectivity index (χ4v) is 1.88. The van der Waals surface area contributed by atoms with Crippen LogP contribution in [0.25, 0.3) is 0 Å². The van der Waals surface area contributed by atoms with Gasteiger partial charge >= 0.3 is 5.97 Å². The summed E-state index contributed by atoms with van der Waals surface area (Å²) in [6.07, 6.45) is -0.688. The molecule has 0 aliphatic rings. The summed E-state index contributed by atoms with van der Waals surface area (Å²) >= 11 is 0. The van der Waals surface area contributed by atoms with Crippen LogP contribution < -0.4 is 0 Å². The number of carboxylic acid groups (broad SMARTS) is 1. The van der Waals surface area contributed by atoms with Gasteiger partial charge in [-0.15, -0.1) is 0 Å². The first-order chi connectivity index (χ1) is 9.47. The highest BCUT2D eigenvalue weighted by molar-refractivity contribution is 5.82. The number of nitrogens with zero attached hydrogens (tertiary/aromatic N) is 1. The van der Waals surface area contributed by atoms with Crippen LogP contribution in [0.3, 0.4) is 0 Å². The maximum absolute atomic E-state index is 12.4. The number of hydrogen-bond acceptors (Lipinski definition) is 3. The molecule has 0 spiro atoms. The fraction of sp³-hybridized carbons (Fsp3) is 0.467. The molecular weight excluding hydrogens is 258 g/mol. The number of benzene rings is 1. The number of carboxylic acids is 1. The molecule has 1 amide bonds. The highest BCUT2D eigenvalue weighted by Gasteiger charge is 2.26. The van der Waals surface area contributed by atoms with Crippen LogP contribution in [0.2, 0.25) is 0 Å². The summed E-state index contributed by atoms with van der Waals surface area (Å²) in [6.45, 7) is 3.96. The molecule has 0 aromatic heterocycles. The zero-order valence-electron chi connectivity index (χ0n) is 12.1. The molecule has 0 bridgehead atoms. The molecule has 1 N–H and O–H groups in total. The Balaban J connectivity index is 2.81. The average molecular weight is 279 g/mol. The second-order valence-corrected chi connectivity index (χ2v) is 4.70. The predicted octanol–water partition coefficient (Wildman–Crippen LogP) is 1.94. The third-order valence-electron chi connectivity index (χ3n) is 3.01. The molecule has 0 aliphatic carbocycles. The minimum absolute atomic E-state index is 0.157. The summed E-state index contributed by atoms with van der Waals surface area (Å²) in [6, 6.07) is 9.20. The zero-order chi connectivity index (χ0) is 15.1. The van der Waals surface area contributed by atoms with Crippen molar-refractivity contribution in [3.05, 3.63) is 35.9 Å². The van der Waals surface area contributed by atoms with Gasteiger partial charge in [-0.05, 0) is 12.5 Å². The summed E-state index contributed by atoms with van der Waals surface area (Å²) < 4.78 is 5.51. The van der Waals surface area contributed by atoms with Gasteiger partial charge in [0, 0.05) is 20.2 Å². The number of ether oxygens (including phenoxy) is 1. The van der Waals surface area contributed by atoms with Crippen molar-refractivity contribution < 1.29 is 19.4 Å². The summed E-state index contributed by atoms with van der Waals surface area (Å²) in [5.74, 6) is -1.76. The lowest BCUT2D eigenvalue weighted by Gasteiger charge is -2.25. The van der Waals surface area contributed by atoms with Crippen LogP contribution in [-0.2, 0) is 14.3 Å². The molecule has 2 unspecified atom stereocenters. The summed E-state index contributed by atoms with van der Waals surface area (Å²) in [5.41, 5.74) is 0.772. The first kappa shape index (κ1) is 16.2. The van der Waals surface area contributed by atoms with Crippen LogP contribution in [0.15, 0.2) is 30.3 Å². The molecule has 0 saturated heterocycles. The van der Waals surface area contributed by atoms with Crippen LogP contribution in [0.5, 0.6) is 0 Å². The van der Waals surface area contributed by atoms with Gasteiger partial charge in [-0.3, -0.25) is 9.59 Å². The molecule has 1 aromatic carbocycles. The molecule has 2 atom stereocenters. The monoisotopic (exact) mass is 279 g/mol. The summed E-state index contributed by atoms with van der Waals surface area (Å²) in [4.78, 5) is 24.7. The van der Waals surface area contributed by atoms with Crippen molar-refractivity contribution in [2.24, 2.45) is 5.92 Å². The maximum atomic E-state index is 12.4. The average Bonchev–Trinajstić information content (AvgIpc) is 2.44. The van der Waals surface area contributed by atoms with Gasteiger partial charge in [0.2, 0.25) is 0 Å². The highest BCUT2D eigenvalue weighted by Crippen LogP contribution is 2.20. The maximum Gasteiger partial charge on any atom is 0.308 e. The van der Waals surface area contributed by atoms with E-state index in [1.165, 1.54) is 4.90 Å². The Bertz CT molecular complexity index is 446. The quantitative estimate of drug-likeness (QED) is 0.828. The number of rotatable bonds is 7. The van der Waals surface area contributed by atoms with Crippen molar-refractivity contribution in [1.82, 2.24) is 4.90 Å². The van der Waals surface area contributed by atoms with Crippen molar-refractivity contribution in [3.8, 4) is 0 Å². The van der Waals surface area contributed by atoms with E-state index in [-0.39, 0.29) is 12.5 Å². The minimum atomic E-state index is -0.919. The second kappa shape index (κ2) is 7.65. The van der Waals surface area contributed by atoms with Crippen molar-refractivity contribution in [1.29, 1.82) is 0 Å². The highest BCUT2D eigenvalue weighted by atomic mass is 16.5. The molecule has 5 heteroatoms. The van der Waals surface area contributed by atoms with Crippen LogP contribution in [-0.4, -0.2) is 42.1 Å². The summed E-state index contributed by atoms with van der Waals surface area (Å²) in [7, 11) is 1.59. The van der Waals surface area contributed by atoms with Crippen LogP contribution in [0.1, 0.15) is 25.5 Å². The van der Waals surface area contributed by atoms with E-state index in [1.807, 2.05) is 37.3 Å². The van der Waals surface area contributed by atoms with Crippen molar-refractivity contribution in [3.63, 3.8) is 0 Å². The van der Waals surface area contributed by atoms with Gasteiger partial charge in [0.1, 0.15) is 0 Å². The fourth-order valence-electron chi connectivity index (χ4n) is 1.88. The van der Waals surface area contributed by atoms with Gasteiger partial charge in [0.05, 0.1) is 5.92 Å². The number of aliphatic carboxylic acids is 1. The minimum Gasteiger partial charge on any atom is -0.481 e. The standard InChI is InChI=1S/C15H21NO4/c1-4-20-13(12-8-6-5-7-9-12)14(17)16(3)10-11(2)15(18)19/h5-9,11,13H,4,10H2,1-3H3,(H,18,19). The zero-order valence-corrected chi connectivity index (χ0v) is 12.1. The third-order valence-corrected chi connectivity index (χ3v) is 3.01.